The van der Waals surface area contributed by atoms with E-state index in [0.717, 1.165) is 0 Å². The van der Waals surface area contributed by atoms with Gasteiger partial charge >= 0.3 is 39.6 Å². The van der Waals surface area contributed by atoms with Crippen molar-refractivity contribution in [2.24, 2.45) is 0 Å². The van der Waals surface area contributed by atoms with Crippen molar-refractivity contribution < 1.29 is 56.5 Å². The molecule has 0 heterocycles. The summed E-state index contributed by atoms with van der Waals surface area (Å²) in [6, 6.07) is 0. The van der Waals surface area contributed by atoms with Crippen molar-refractivity contribution in [3.63, 3.8) is 0 Å². The molecule has 0 aromatic heterocycles. The van der Waals surface area contributed by atoms with Crippen LogP contribution >= 0.6 is 0 Å². The van der Waals surface area contributed by atoms with Gasteiger partial charge in [-0.2, -0.15) is 0 Å². The van der Waals surface area contributed by atoms with Gasteiger partial charge in [0.05, 0.1) is 12.8 Å². The molecule has 0 amide bonds. The van der Waals surface area contributed by atoms with Crippen molar-refractivity contribution in [3.8, 4) is 0 Å². The van der Waals surface area contributed by atoms with Crippen molar-refractivity contribution in [3.05, 3.63) is 0 Å². The summed E-state index contributed by atoms with van der Waals surface area (Å²) in [6.07, 6.45) is -2.29. The number of aliphatic hydroxyl groups is 1. The van der Waals surface area contributed by atoms with Gasteiger partial charge in [-0.05, 0) is 0 Å². The van der Waals surface area contributed by atoms with E-state index < -0.39 is 36.4 Å². The summed E-state index contributed by atoms with van der Waals surface area (Å²) in [5.41, 5.74) is -2.74. The van der Waals surface area contributed by atoms with E-state index in [-0.39, 0.29) is 21.7 Å². The van der Waals surface area contributed by atoms with Crippen LogP contribution < -0.4 is 0 Å². The molecule has 0 aromatic rings. The Labute approximate surface area is 93.2 Å². The van der Waals surface area contributed by atoms with Crippen LogP contribution in [0, 0.1) is 0 Å². The molecule has 0 saturated carbocycles. The number of carboxylic acid groups (broad SMARTS) is 3. The van der Waals surface area contributed by atoms with Crippen molar-refractivity contribution in [1.29, 1.82) is 0 Å². The van der Waals surface area contributed by atoms with Gasteiger partial charge in [-0.25, -0.2) is 4.79 Å². The summed E-state index contributed by atoms with van der Waals surface area (Å²) in [6.45, 7) is 0. The molecule has 4 N–H and O–H groups in total. The second-order valence-electron chi connectivity index (χ2n) is 2.48. The SMILES string of the molecule is O=C(O)CC(O)(CC(=O)O)C(=O)O.[Ti+3]. The first kappa shape index (κ1) is 15.6. The minimum absolute atomic E-state index is 0. The third-order valence-electron chi connectivity index (χ3n) is 1.29. The van der Waals surface area contributed by atoms with E-state index in [1.54, 1.807) is 0 Å². The van der Waals surface area contributed by atoms with Crippen molar-refractivity contribution in [2.45, 2.75) is 18.4 Å². The molecule has 75 valence electrons. The maximum absolute atomic E-state index is 10.3. The van der Waals surface area contributed by atoms with Crippen LogP contribution in [-0.4, -0.2) is 43.9 Å². The number of aliphatic carboxylic acids is 3. The Bertz CT molecular complexity index is 233. The van der Waals surface area contributed by atoms with Gasteiger partial charge in [0.15, 0.2) is 5.60 Å². The van der Waals surface area contributed by atoms with Gasteiger partial charge in [0.2, 0.25) is 0 Å². The summed E-state index contributed by atoms with van der Waals surface area (Å²) in [5.74, 6) is -5.02. The van der Waals surface area contributed by atoms with Crippen LogP contribution in [0.15, 0.2) is 0 Å². The van der Waals surface area contributed by atoms with Crippen LogP contribution in [0.25, 0.3) is 0 Å². The first-order chi connectivity index (χ1) is 5.78. The Morgan fingerprint density at radius 3 is 1.36 bits per heavy atom. The summed E-state index contributed by atoms with van der Waals surface area (Å²) < 4.78 is 0. The monoisotopic (exact) mass is 240 g/mol. The minimum Gasteiger partial charge on any atom is -0.481 e. The fraction of sp³-hybridized carbons (Fsp3) is 0.500. The molecule has 0 atom stereocenters. The smallest absolute Gasteiger partial charge is 0.481 e. The molecule has 0 fully saturated rings. The van der Waals surface area contributed by atoms with E-state index in [4.69, 9.17) is 20.4 Å². The largest absolute Gasteiger partial charge is 3.00 e. The van der Waals surface area contributed by atoms with Crippen molar-refractivity contribution in [2.75, 3.05) is 0 Å². The molecule has 0 aliphatic heterocycles. The molecule has 0 aromatic carbocycles. The van der Waals surface area contributed by atoms with Crippen LogP contribution in [-0.2, 0) is 36.1 Å². The zero-order valence-electron chi connectivity index (χ0n) is 6.93. The fourth-order valence-electron chi connectivity index (χ4n) is 0.714. The first-order valence-corrected chi connectivity index (χ1v) is 3.17. The van der Waals surface area contributed by atoms with E-state index in [1.165, 1.54) is 0 Å². The average Bonchev–Trinajstić information content (AvgIpc) is 1.82. The molecule has 8 heteroatoms. The summed E-state index contributed by atoms with van der Waals surface area (Å²) in [4.78, 5) is 30.5. The molecule has 0 rings (SSSR count). The van der Waals surface area contributed by atoms with E-state index in [2.05, 4.69) is 0 Å². The first-order valence-electron chi connectivity index (χ1n) is 3.17. The Morgan fingerprint density at radius 2 is 1.21 bits per heavy atom. The van der Waals surface area contributed by atoms with Gasteiger partial charge < -0.3 is 20.4 Å². The molecule has 0 aliphatic rings. The third kappa shape index (κ3) is 4.95. The predicted molar refractivity (Wildman–Crippen MR) is 37.1 cm³/mol. The Hall–Kier alpha value is -0.916. The van der Waals surface area contributed by atoms with Crippen LogP contribution in [0.3, 0.4) is 0 Å². The molecule has 0 saturated heterocycles. The molecule has 7 nitrogen and oxygen atoms in total. The van der Waals surface area contributed by atoms with Crippen LogP contribution in [0.5, 0.6) is 0 Å². The van der Waals surface area contributed by atoms with Gasteiger partial charge in [0.1, 0.15) is 0 Å². The third-order valence-corrected chi connectivity index (χ3v) is 1.29. The number of carbonyl (C=O) groups is 3. The van der Waals surface area contributed by atoms with E-state index in [9.17, 15) is 14.4 Å². The average molecular weight is 240 g/mol. The molecule has 0 aliphatic carbocycles. The molecule has 0 bridgehead atoms. The minimum atomic E-state index is -2.74. The zero-order valence-corrected chi connectivity index (χ0v) is 8.49. The summed E-state index contributed by atoms with van der Waals surface area (Å²) >= 11 is 0. The molecule has 1 radical (unpaired) electrons. The van der Waals surface area contributed by atoms with Crippen LogP contribution in [0.1, 0.15) is 12.8 Å². The number of rotatable bonds is 5. The van der Waals surface area contributed by atoms with Gasteiger partial charge in [-0.3, -0.25) is 9.59 Å². The number of hydrogen-bond donors (Lipinski definition) is 4. The maximum atomic E-state index is 10.3. The van der Waals surface area contributed by atoms with Gasteiger partial charge in [-0.15, -0.1) is 0 Å². The van der Waals surface area contributed by atoms with E-state index in [1.807, 2.05) is 0 Å². The molecule has 0 unspecified atom stereocenters. The standard InChI is InChI=1S/C6H8O7.Ti/c7-3(8)1-6(13,5(11)12)2-4(9)10;/h13H,1-2H2,(H,7,8)(H,9,10)(H,11,12);/q;+3. The van der Waals surface area contributed by atoms with E-state index >= 15 is 0 Å². The molecular formula is C6H8O7Ti+3. The Balaban J connectivity index is 0. The molecular weight excluding hydrogens is 232 g/mol. The number of hydrogen-bond acceptors (Lipinski definition) is 4. The van der Waals surface area contributed by atoms with Crippen LogP contribution in [0.2, 0.25) is 0 Å². The second kappa shape index (κ2) is 5.74. The predicted octanol–water partition coefficient (Wildman–Crippen LogP) is -1.25. The topological polar surface area (TPSA) is 132 Å². The van der Waals surface area contributed by atoms with Crippen molar-refractivity contribution in [1.82, 2.24) is 0 Å². The normalized spacial score (nSPS) is 10.1. The van der Waals surface area contributed by atoms with Crippen LogP contribution in [0.4, 0.5) is 0 Å². The molecule has 0 spiro atoms. The Kier molecular flexibility index (Phi) is 6.38. The van der Waals surface area contributed by atoms with Gasteiger partial charge in [0, 0.05) is 0 Å². The number of carboxylic acids is 3. The van der Waals surface area contributed by atoms with Crippen molar-refractivity contribution >= 4 is 17.9 Å². The summed E-state index contributed by atoms with van der Waals surface area (Å²) in [7, 11) is 0. The zero-order chi connectivity index (χ0) is 10.6. The second-order valence-corrected chi connectivity index (χ2v) is 2.48. The quantitative estimate of drug-likeness (QED) is 0.441. The Morgan fingerprint density at radius 1 is 0.929 bits per heavy atom. The maximum Gasteiger partial charge on any atom is 3.00 e. The van der Waals surface area contributed by atoms with Gasteiger partial charge in [-0.1, -0.05) is 0 Å². The molecule has 14 heavy (non-hydrogen) atoms. The van der Waals surface area contributed by atoms with E-state index in [0.29, 0.717) is 0 Å². The van der Waals surface area contributed by atoms with Gasteiger partial charge in [0.25, 0.3) is 0 Å². The fourth-order valence-corrected chi connectivity index (χ4v) is 0.714. The summed E-state index contributed by atoms with van der Waals surface area (Å²) in [5, 5.41) is 33.8.